The molecule has 0 amide bonds. The van der Waals surface area contributed by atoms with Crippen molar-refractivity contribution in [1.29, 1.82) is 0 Å². The highest BCUT2D eigenvalue weighted by molar-refractivity contribution is 5.51. The number of hydrogen-bond acceptors (Lipinski definition) is 3. The third-order valence-electron chi connectivity index (χ3n) is 3.03. The van der Waals surface area contributed by atoms with Crippen LogP contribution in [0, 0.1) is 0 Å². The van der Waals surface area contributed by atoms with Crippen LogP contribution in [0.25, 0.3) is 0 Å². The van der Waals surface area contributed by atoms with Gasteiger partial charge in [0.15, 0.2) is 0 Å². The Morgan fingerprint density at radius 1 is 1.50 bits per heavy atom. The van der Waals surface area contributed by atoms with Crippen molar-refractivity contribution < 1.29 is 9.84 Å². The number of ether oxygens (including phenoxy) is 1. The highest BCUT2D eigenvalue weighted by Gasteiger charge is 2.07. The van der Waals surface area contributed by atoms with Gasteiger partial charge in [-0.05, 0) is 37.5 Å². The number of aliphatic hydroxyl groups excluding tert-OH is 1. The Morgan fingerprint density at radius 2 is 2.28 bits per heavy atom. The van der Waals surface area contributed by atoms with E-state index in [0.717, 1.165) is 36.3 Å². The predicted molar refractivity (Wildman–Crippen MR) is 76.0 cm³/mol. The van der Waals surface area contributed by atoms with Crippen LogP contribution in [0.4, 0.5) is 5.69 Å². The van der Waals surface area contributed by atoms with Gasteiger partial charge < -0.3 is 15.2 Å². The van der Waals surface area contributed by atoms with Crippen molar-refractivity contribution in [2.45, 2.75) is 38.8 Å². The van der Waals surface area contributed by atoms with Crippen molar-refractivity contribution in [2.24, 2.45) is 0 Å². The summed E-state index contributed by atoms with van der Waals surface area (Å²) < 4.78 is 5.19. The Hall–Kier alpha value is -1.48. The number of hydrogen-bond donors (Lipinski definition) is 2. The lowest BCUT2D eigenvalue weighted by atomic mass is 10.1. The van der Waals surface area contributed by atoms with Crippen molar-refractivity contribution in [3.05, 3.63) is 36.4 Å². The van der Waals surface area contributed by atoms with Crippen LogP contribution in [0.3, 0.4) is 0 Å². The zero-order valence-electron chi connectivity index (χ0n) is 11.3. The lowest BCUT2D eigenvalue weighted by molar-refractivity contribution is 0.274. The van der Waals surface area contributed by atoms with E-state index in [1.54, 1.807) is 7.11 Å². The molecule has 100 valence electrons. The molecule has 3 heteroatoms. The van der Waals surface area contributed by atoms with Crippen molar-refractivity contribution >= 4 is 5.69 Å². The zero-order chi connectivity index (χ0) is 13.4. The standard InChI is InChI=1S/C15H23NO2/c1-4-6-7-13(5-2)16-14-8-9-15(18-3)12(10-14)11-17/h4,8-10,13,16-17H,1,5-7,11H2,2-3H3. The Morgan fingerprint density at radius 3 is 2.83 bits per heavy atom. The molecule has 0 heterocycles. The fourth-order valence-electron chi connectivity index (χ4n) is 1.93. The number of rotatable bonds is 8. The van der Waals surface area contributed by atoms with Crippen molar-refractivity contribution in [3.63, 3.8) is 0 Å². The molecule has 0 fully saturated rings. The number of aliphatic hydroxyl groups is 1. The first-order valence-electron chi connectivity index (χ1n) is 6.40. The van der Waals surface area contributed by atoms with Crippen LogP contribution in [0.15, 0.2) is 30.9 Å². The van der Waals surface area contributed by atoms with E-state index in [9.17, 15) is 5.11 Å². The smallest absolute Gasteiger partial charge is 0.124 e. The average molecular weight is 249 g/mol. The topological polar surface area (TPSA) is 41.5 Å². The highest BCUT2D eigenvalue weighted by Crippen LogP contribution is 2.23. The number of methoxy groups -OCH3 is 1. The van der Waals surface area contributed by atoms with Crippen LogP contribution in [-0.2, 0) is 6.61 Å². The molecule has 1 rings (SSSR count). The van der Waals surface area contributed by atoms with Gasteiger partial charge in [-0.25, -0.2) is 0 Å². The zero-order valence-corrected chi connectivity index (χ0v) is 11.3. The monoisotopic (exact) mass is 249 g/mol. The van der Waals surface area contributed by atoms with Gasteiger partial charge in [0.05, 0.1) is 13.7 Å². The summed E-state index contributed by atoms with van der Waals surface area (Å²) in [5, 5.41) is 12.8. The van der Waals surface area contributed by atoms with E-state index in [4.69, 9.17) is 4.74 Å². The maximum atomic E-state index is 9.29. The summed E-state index contributed by atoms with van der Waals surface area (Å²) in [6, 6.07) is 6.24. The molecule has 2 N–H and O–H groups in total. The Labute approximate surface area is 109 Å². The molecule has 0 spiro atoms. The van der Waals surface area contributed by atoms with Gasteiger partial charge in [0.25, 0.3) is 0 Å². The van der Waals surface area contributed by atoms with E-state index in [-0.39, 0.29) is 6.61 Å². The summed E-state index contributed by atoms with van der Waals surface area (Å²) in [6.45, 7) is 5.90. The van der Waals surface area contributed by atoms with E-state index >= 15 is 0 Å². The van der Waals surface area contributed by atoms with E-state index in [2.05, 4.69) is 18.8 Å². The number of nitrogens with one attached hydrogen (secondary N) is 1. The number of benzene rings is 1. The minimum atomic E-state index is -0.0118. The van der Waals surface area contributed by atoms with Gasteiger partial charge in [0.1, 0.15) is 5.75 Å². The molecular formula is C15H23NO2. The minimum Gasteiger partial charge on any atom is -0.496 e. The molecule has 0 aliphatic rings. The fourth-order valence-corrected chi connectivity index (χ4v) is 1.93. The van der Waals surface area contributed by atoms with E-state index in [1.165, 1.54) is 0 Å². The van der Waals surface area contributed by atoms with Gasteiger partial charge in [-0.1, -0.05) is 13.0 Å². The third kappa shape index (κ3) is 4.08. The van der Waals surface area contributed by atoms with E-state index in [0.29, 0.717) is 6.04 Å². The normalized spacial score (nSPS) is 11.9. The summed E-state index contributed by atoms with van der Waals surface area (Å²) in [5.41, 5.74) is 1.83. The molecule has 0 aliphatic carbocycles. The molecule has 1 aromatic rings. The maximum absolute atomic E-state index is 9.29. The van der Waals surface area contributed by atoms with Crippen molar-refractivity contribution in [2.75, 3.05) is 12.4 Å². The molecule has 1 unspecified atom stereocenters. The van der Waals surface area contributed by atoms with Gasteiger partial charge in [-0.15, -0.1) is 6.58 Å². The number of allylic oxidation sites excluding steroid dienone is 1. The van der Waals surface area contributed by atoms with E-state index < -0.39 is 0 Å². The molecule has 0 aromatic heterocycles. The predicted octanol–water partition coefficient (Wildman–Crippen LogP) is 3.34. The maximum Gasteiger partial charge on any atom is 0.124 e. The molecular weight excluding hydrogens is 226 g/mol. The van der Waals surface area contributed by atoms with Crippen LogP contribution < -0.4 is 10.1 Å². The minimum absolute atomic E-state index is 0.0118. The van der Waals surface area contributed by atoms with Gasteiger partial charge in [0.2, 0.25) is 0 Å². The Balaban J connectivity index is 2.73. The van der Waals surface area contributed by atoms with Crippen LogP contribution in [-0.4, -0.2) is 18.3 Å². The summed E-state index contributed by atoms with van der Waals surface area (Å²) in [4.78, 5) is 0. The fraction of sp³-hybridized carbons (Fsp3) is 0.467. The summed E-state index contributed by atoms with van der Waals surface area (Å²) in [7, 11) is 1.61. The summed E-state index contributed by atoms with van der Waals surface area (Å²) in [6.07, 6.45) is 5.08. The lowest BCUT2D eigenvalue weighted by Crippen LogP contribution is -2.18. The van der Waals surface area contributed by atoms with Crippen LogP contribution in [0.2, 0.25) is 0 Å². The molecule has 0 radical (unpaired) electrons. The van der Waals surface area contributed by atoms with Gasteiger partial charge in [-0.3, -0.25) is 0 Å². The second-order valence-electron chi connectivity index (χ2n) is 4.30. The molecule has 0 saturated carbocycles. The Bertz CT molecular complexity index is 377. The molecule has 0 saturated heterocycles. The third-order valence-corrected chi connectivity index (χ3v) is 3.03. The first kappa shape index (κ1) is 14.6. The highest BCUT2D eigenvalue weighted by atomic mass is 16.5. The van der Waals surface area contributed by atoms with Crippen molar-refractivity contribution in [3.8, 4) is 5.75 Å². The van der Waals surface area contributed by atoms with Gasteiger partial charge in [0, 0.05) is 17.3 Å². The van der Waals surface area contributed by atoms with Crippen LogP contribution in [0.1, 0.15) is 31.7 Å². The first-order chi connectivity index (χ1) is 8.74. The van der Waals surface area contributed by atoms with Crippen molar-refractivity contribution in [1.82, 2.24) is 0 Å². The SMILES string of the molecule is C=CCCC(CC)Nc1ccc(OC)c(CO)c1. The van der Waals surface area contributed by atoms with Crippen LogP contribution in [0.5, 0.6) is 5.75 Å². The quantitative estimate of drug-likeness (QED) is 0.694. The molecule has 0 aliphatic heterocycles. The summed E-state index contributed by atoms with van der Waals surface area (Å²) in [5.74, 6) is 0.724. The molecule has 1 atom stereocenters. The summed E-state index contributed by atoms with van der Waals surface area (Å²) >= 11 is 0. The largest absolute Gasteiger partial charge is 0.496 e. The molecule has 3 nitrogen and oxygen atoms in total. The number of anilines is 1. The van der Waals surface area contributed by atoms with Gasteiger partial charge in [-0.2, -0.15) is 0 Å². The average Bonchev–Trinajstić information content (AvgIpc) is 2.43. The van der Waals surface area contributed by atoms with Crippen LogP contribution >= 0.6 is 0 Å². The molecule has 18 heavy (non-hydrogen) atoms. The Kier molecular flexibility index (Phi) is 6.29. The van der Waals surface area contributed by atoms with E-state index in [1.807, 2.05) is 24.3 Å². The molecule has 1 aromatic carbocycles. The molecule has 0 bridgehead atoms. The first-order valence-corrected chi connectivity index (χ1v) is 6.40. The lowest BCUT2D eigenvalue weighted by Gasteiger charge is -2.18. The second-order valence-corrected chi connectivity index (χ2v) is 4.30. The van der Waals surface area contributed by atoms with Gasteiger partial charge >= 0.3 is 0 Å². The second kappa shape index (κ2) is 7.77.